The van der Waals surface area contributed by atoms with Crippen LogP contribution in [0.15, 0.2) is 36.5 Å². The number of halogens is 2. The van der Waals surface area contributed by atoms with Crippen LogP contribution in [0.3, 0.4) is 0 Å². The van der Waals surface area contributed by atoms with Gasteiger partial charge in [0.1, 0.15) is 5.82 Å². The van der Waals surface area contributed by atoms with Gasteiger partial charge >= 0.3 is 0 Å². The number of hydrogen-bond acceptors (Lipinski definition) is 1. The number of benzene rings is 1. The molecule has 2 rings (SSSR count). The molecule has 1 heterocycles. The van der Waals surface area contributed by atoms with E-state index in [-0.39, 0.29) is 5.02 Å². The SMILES string of the molecule is CC(O)c1cccn1Cc1cccc(Cl)c1F. The van der Waals surface area contributed by atoms with Crippen LogP contribution in [0, 0.1) is 5.82 Å². The maximum Gasteiger partial charge on any atom is 0.146 e. The molecule has 0 radical (unpaired) electrons. The van der Waals surface area contributed by atoms with E-state index in [0.717, 1.165) is 5.69 Å². The Morgan fingerprint density at radius 1 is 1.35 bits per heavy atom. The normalized spacial score (nSPS) is 12.7. The molecule has 0 fully saturated rings. The Bertz CT molecular complexity index is 522. The molecule has 1 N–H and O–H groups in total. The predicted molar refractivity (Wildman–Crippen MR) is 65.6 cm³/mol. The molecule has 1 unspecified atom stereocenters. The van der Waals surface area contributed by atoms with E-state index in [1.54, 1.807) is 23.6 Å². The zero-order valence-electron chi connectivity index (χ0n) is 9.40. The molecule has 0 amide bonds. The minimum absolute atomic E-state index is 0.119. The molecule has 0 bridgehead atoms. The van der Waals surface area contributed by atoms with E-state index in [9.17, 15) is 9.50 Å². The van der Waals surface area contributed by atoms with Crippen LogP contribution in [-0.4, -0.2) is 9.67 Å². The van der Waals surface area contributed by atoms with Crippen molar-refractivity contribution in [2.75, 3.05) is 0 Å². The largest absolute Gasteiger partial charge is 0.387 e. The van der Waals surface area contributed by atoms with E-state index < -0.39 is 11.9 Å². The van der Waals surface area contributed by atoms with Crippen LogP contribution in [0.5, 0.6) is 0 Å². The molecule has 4 heteroatoms. The molecule has 0 aliphatic rings. The van der Waals surface area contributed by atoms with Gasteiger partial charge in [-0.25, -0.2) is 4.39 Å². The van der Waals surface area contributed by atoms with E-state index in [2.05, 4.69) is 0 Å². The first-order valence-electron chi connectivity index (χ1n) is 5.35. The Hall–Kier alpha value is -1.32. The molecule has 0 aliphatic heterocycles. The lowest BCUT2D eigenvalue weighted by Gasteiger charge is -2.12. The molecule has 0 saturated heterocycles. The summed E-state index contributed by atoms with van der Waals surface area (Å²) in [6.45, 7) is 2.04. The van der Waals surface area contributed by atoms with Gasteiger partial charge in [0.05, 0.1) is 17.7 Å². The van der Waals surface area contributed by atoms with Crippen molar-refractivity contribution in [2.24, 2.45) is 0 Å². The van der Waals surface area contributed by atoms with Crippen LogP contribution in [0.2, 0.25) is 5.02 Å². The topological polar surface area (TPSA) is 25.2 Å². The van der Waals surface area contributed by atoms with Gasteiger partial charge in [0.15, 0.2) is 0 Å². The van der Waals surface area contributed by atoms with Gasteiger partial charge in [-0.1, -0.05) is 23.7 Å². The molecule has 0 spiro atoms. The molecular formula is C13H13ClFNO. The third-order valence-corrected chi connectivity index (χ3v) is 2.96. The highest BCUT2D eigenvalue weighted by atomic mass is 35.5. The van der Waals surface area contributed by atoms with E-state index in [1.165, 1.54) is 6.07 Å². The fraction of sp³-hybridized carbons (Fsp3) is 0.231. The van der Waals surface area contributed by atoms with Gasteiger partial charge in [0.25, 0.3) is 0 Å². The highest BCUT2D eigenvalue weighted by molar-refractivity contribution is 6.30. The Kier molecular flexibility index (Phi) is 3.50. The number of nitrogens with zero attached hydrogens (tertiary/aromatic N) is 1. The van der Waals surface area contributed by atoms with Gasteiger partial charge in [-0.15, -0.1) is 0 Å². The number of aromatic nitrogens is 1. The lowest BCUT2D eigenvalue weighted by molar-refractivity contribution is 0.189. The molecule has 17 heavy (non-hydrogen) atoms. The van der Waals surface area contributed by atoms with Crippen molar-refractivity contribution in [3.63, 3.8) is 0 Å². The maximum atomic E-state index is 13.7. The summed E-state index contributed by atoms with van der Waals surface area (Å²) in [4.78, 5) is 0. The molecule has 1 aromatic carbocycles. The fourth-order valence-corrected chi connectivity index (χ4v) is 2.00. The lowest BCUT2D eigenvalue weighted by atomic mass is 10.2. The van der Waals surface area contributed by atoms with Gasteiger partial charge in [-0.2, -0.15) is 0 Å². The molecule has 2 nitrogen and oxygen atoms in total. The molecule has 1 aromatic heterocycles. The highest BCUT2D eigenvalue weighted by Gasteiger charge is 2.10. The summed E-state index contributed by atoms with van der Waals surface area (Å²) in [6.07, 6.45) is 1.23. The average Bonchev–Trinajstić information content (AvgIpc) is 2.73. The first-order chi connectivity index (χ1) is 8.09. The van der Waals surface area contributed by atoms with Crippen molar-refractivity contribution in [3.05, 3.63) is 58.6 Å². The minimum atomic E-state index is -0.577. The second-order valence-electron chi connectivity index (χ2n) is 3.95. The van der Waals surface area contributed by atoms with Crippen molar-refractivity contribution in [1.29, 1.82) is 0 Å². The number of aliphatic hydroxyl groups is 1. The van der Waals surface area contributed by atoms with Crippen LogP contribution in [0.25, 0.3) is 0 Å². The quantitative estimate of drug-likeness (QED) is 0.891. The van der Waals surface area contributed by atoms with Crippen molar-refractivity contribution in [3.8, 4) is 0 Å². The van der Waals surface area contributed by atoms with Gasteiger partial charge in [-0.3, -0.25) is 0 Å². The lowest BCUT2D eigenvalue weighted by Crippen LogP contribution is -2.07. The second-order valence-corrected chi connectivity index (χ2v) is 4.36. The molecule has 0 aliphatic carbocycles. The molecule has 1 atom stereocenters. The zero-order chi connectivity index (χ0) is 12.4. The predicted octanol–water partition coefficient (Wildman–Crippen LogP) is 3.38. The monoisotopic (exact) mass is 253 g/mol. The Morgan fingerprint density at radius 2 is 2.12 bits per heavy atom. The second kappa shape index (κ2) is 4.90. The highest BCUT2D eigenvalue weighted by Crippen LogP contribution is 2.21. The summed E-state index contributed by atoms with van der Waals surface area (Å²) in [5.41, 5.74) is 1.26. The van der Waals surface area contributed by atoms with Crippen LogP contribution in [0.1, 0.15) is 24.3 Å². The van der Waals surface area contributed by atoms with Crippen LogP contribution >= 0.6 is 11.6 Å². The molecule has 2 aromatic rings. The van der Waals surface area contributed by atoms with Crippen LogP contribution < -0.4 is 0 Å². The Morgan fingerprint density at radius 3 is 2.82 bits per heavy atom. The van der Waals surface area contributed by atoms with Crippen molar-refractivity contribution < 1.29 is 9.50 Å². The number of hydrogen-bond donors (Lipinski definition) is 1. The van der Waals surface area contributed by atoms with Crippen molar-refractivity contribution in [1.82, 2.24) is 4.57 Å². The van der Waals surface area contributed by atoms with Gasteiger partial charge in [-0.05, 0) is 25.1 Å². The van der Waals surface area contributed by atoms with E-state index in [4.69, 9.17) is 11.6 Å². The fourth-order valence-electron chi connectivity index (χ4n) is 1.80. The van der Waals surface area contributed by atoms with Gasteiger partial charge < -0.3 is 9.67 Å². The van der Waals surface area contributed by atoms with Crippen molar-refractivity contribution >= 4 is 11.6 Å². The average molecular weight is 254 g/mol. The summed E-state index contributed by atoms with van der Waals surface area (Å²) in [5.74, 6) is -0.403. The van der Waals surface area contributed by atoms with Crippen molar-refractivity contribution in [2.45, 2.75) is 19.6 Å². The van der Waals surface area contributed by atoms with Gasteiger partial charge in [0, 0.05) is 17.5 Å². The van der Waals surface area contributed by atoms with E-state index in [0.29, 0.717) is 12.1 Å². The number of rotatable bonds is 3. The van der Waals surface area contributed by atoms with E-state index in [1.807, 2.05) is 18.3 Å². The smallest absolute Gasteiger partial charge is 0.146 e. The summed E-state index contributed by atoms with van der Waals surface area (Å²) in [5, 5.41) is 9.67. The number of aliphatic hydroxyl groups excluding tert-OH is 1. The van der Waals surface area contributed by atoms with E-state index >= 15 is 0 Å². The third-order valence-electron chi connectivity index (χ3n) is 2.66. The maximum absolute atomic E-state index is 13.7. The van der Waals surface area contributed by atoms with Crippen LogP contribution in [-0.2, 0) is 6.54 Å². The zero-order valence-corrected chi connectivity index (χ0v) is 10.2. The first-order valence-corrected chi connectivity index (χ1v) is 5.73. The molecule has 90 valence electrons. The summed E-state index contributed by atoms with van der Waals surface area (Å²) >= 11 is 5.72. The molecular weight excluding hydrogens is 241 g/mol. The summed E-state index contributed by atoms with van der Waals surface area (Å²) in [6, 6.07) is 8.56. The van der Waals surface area contributed by atoms with Crippen LogP contribution in [0.4, 0.5) is 4.39 Å². The molecule has 0 saturated carbocycles. The first kappa shape index (κ1) is 12.1. The Labute approximate surface area is 104 Å². The third kappa shape index (κ3) is 2.51. The summed E-state index contributed by atoms with van der Waals surface area (Å²) in [7, 11) is 0. The Balaban J connectivity index is 2.32. The minimum Gasteiger partial charge on any atom is -0.387 e. The van der Waals surface area contributed by atoms with Gasteiger partial charge in [0.2, 0.25) is 0 Å². The summed E-state index contributed by atoms with van der Waals surface area (Å²) < 4.78 is 15.5. The standard InChI is InChI=1S/C13H13ClFNO/c1-9(17)12-6-3-7-16(12)8-10-4-2-5-11(14)13(10)15/h2-7,9,17H,8H2,1H3.